The number of anilines is 1. The fourth-order valence-electron chi connectivity index (χ4n) is 4.18. The average Bonchev–Trinajstić information content (AvgIpc) is 3.31. The fraction of sp³-hybridized carbons (Fsp3) is 0.333. The predicted octanol–water partition coefficient (Wildman–Crippen LogP) is 3.57. The van der Waals surface area contributed by atoms with Gasteiger partial charge >= 0.3 is 0 Å². The van der Waals surface area contributed by atoms with E-state index in [-0.39, 0.29) is 0 Å². The molecule has 6 nitrogen and oxygen atoms in total. The first-order valence-corrected chi connectivity index (χ1v) is 11.3. The molecule has 144 valence electrons. The van der Waals surface area contributed by atoms with Gasteiger partial charge in [0, 0.05) is 24.2 Å². The number of benzene rings is 2. The number of sulfonamides is 1. The first kappa shape index (κ1) is 17.4. The van der Waals surface area contributed by atoms with Crippen LogP contribution in [0, 0.1) is 0 Å². The van der Waals surface area contributed by atoms with Gasteiger partial charge < -0.3 is 4.57 Å². The lowest BCUT2D eigenvalue weighted by Crippen LogP contribution is -2.14. The number of aryl methyl sites for hydroxylation is 3. The third-order valence-corrected chi connectivity index (χ3v) is 6.99. The van der Waals surface area contributed by atoms with Crippen molar-refractivity contribution in [3.05, 3.63) is 59.4 Å². The van der Waals surface area contributed by atoms with Gasteiger partial charge in [0.2, 0.25) is 0 Å². The molecule has 28 heavy (non-hydrogen) atoms. The quantitative estimate of drug-likeness (QED) is 0.734. The van der Waals surface area contributed by atoms with Crippen LogP contribution in [0.5, 0.6) is 0 Å². The molecule has 3 aromatic rings. The van der Waals surface area contributed by atoms with Gasteiger partial charge in [-0.15, -0.1) is 10.2 Å². The van der Waals surface area contributed by atoms with Gasteiger partial charge in [-0.25, -0.2) is 8.42 Å². The van der Waals surface area contributed by atoms with Crippen molar-refractivity contribution in [3.8, 4) is 11.4 Å². The van der Waals surface area contributed by atoms with Gasteiger partial charge in [-0.1, -0.05) is 18.2 Å². The second-order valence-electron chi connectivity index (χ2n) is 7.52. The summed E-state index contributed by atoms with van der Waals surface area (Å²) < 4.78 is 30.7. The number of nitrogens with one attached hydrogen (secondary N) is 1. The summed E-state index contributed by atoms with van der Waals surface area (Å²) in [6, 6.07) is 12.9. The molecule has 2 aromatic carbocycles. The number of fused-ring (bicyclic) bond motifs is 2. The van der Waals surface area contributed by atoms with E-state index in [9.17, 15) is 8.42 Å². The maximum atomic E-state index is 12.9. The highest BCUT2D eigenvalue weighted by atomic mass is 32.2. The van der Waals surface area contributed by atoms with E-state index in [1.807, 2.05) is 30.3 Å². The fourth-order valence-corrected chi connectivity index (χ4v) is 5.28. The summed E-state index contributed by atoms with van der Waals surface area (Å²) in [5, 5.41) is 8.53. The van der Waals surface area contributed by atoms with Crippen molar-refractivity contribution < 1.29 is 8.42 Å². The van der Waals surface area contributed by atoms with Crippen molar-refractivity contribution >= 4 is 15.7 Å². The first-order chi connectivity index (χ1) is 13.6. The summed E-state index contributed by atoms with van der Waals surface area (Å²) in [5.41, 5.74) is 3.83. The van der Waals surface area contributed by atoms with Crippen LogP contribution in [0.15, 0.2) is 47.4 Å². The van der Waals surface area contributed by atoms with Gasteiger partial charge in [0.15, 0.2) is 5.82 Å². The summed E-state index contributed by atoms with van der Waals surface area (Å²) >= 11 is 0. The number of aromatic nitrogens is 3. The normalized spacial score (nSPS) is 15.9. The molecule has 2 aliphatic rings. The smallest absolute Gasteiger partial charge is 0.261 e. The molecule has 0 radical (unpaired) electrons. The van der Waals surface area contributed by atoms with E-state index < -0.39 is 10.0 Å². The second kappa shape index (κ2) is 6.74. The topological polar surface area (TPSA) is 76.9 Å². The standard InChI is InChI=1S/C21H22N4O2S/c26-28(27,19-11-10-15-5-1-2-6-16(15)14-19)24-18-8-3-7-17(13-18)21-23-22-20-9-4-12-25(20)21/h3,7-8,10-11,13-14,24H,1-2,4-6,9,12H2. The molecule has 0 bridgehead atoms. The van der Waals surface area contributed by atoms with Crippen LogP contribution in [0.1, 0.15) is 36.2 Å². The maximum absolute atomic E-state index is 12.9. The van der Waals surface area contributed by atoms with Crippen LogP contribution in [0.4, 0.5) is 5.69 Å². The Morgan fingerprint density at radius 3 is 2.64 bits per heavy atom. The molecule has 2 heterocycles. The lowest BCUT2D eigenvalue weighted by atomic mass is 9.92. The van der Waals surface area contributed by atoms with E-state index in [1.54, 1.807) is 12.1 Å². The number of rotatable bonds is 4. The summed E-state index contributed by atoms with van der Waals surface area (Å²) in [7, 11) is -3.64. The van der Waals surface area contributed by atoms with Gasteiger partial charge in [-0.05, 0) is 67.5 Å². The van der Waals surface area contributed by atoms with Gasteiger partial charge in [-0.2, -0.15) is 0 Å². The molecular weight excluding hydrogens is 372 g/mol. The summed E-state index contributed by atoms with van der Waals surface area (Å²) in [5.74, 6) is 1.79. The van der Waals surface area contributed by atoms with Crippen LogP contribution in [-0.2, 0) is 35.8 Å². The second-order valence-corrected chi connectivity index (χ2v) is 9.20. The van der Waals surface area contributed by atoms with Crippen molar-refractivity contribution in [2.24, 2.45) is 0 Å². The largest absolute Gasteiger partial charge is 0.311 e. The minimum atomic E-state index is -3.64. The SMILES string of the molecule is O=S(=O)(Nc1cccc(-c2nnc3n2CCC3)c1)c1ccc2c(c1)CCCC2. The van der Waals surface area contributed by atoms with Crippen LogP contribution in [0.25, 0.3) is 11.4 Å². The van der Waals surface area contributed by atoms with Gasteiger partial charge in [-0.3, -0.25) is 4.72 Å². The van der Waals surface area contributed by atoms with Crippen molar-refractivity contribution in [3.63, 3.8) is 0 Å². The predicted molar refractivity (Wildman–Crippen MR) is 108 cm³/mol. The van der Waals surface area contributed by atoms with Crippen molar-refractivity contribution in [2.45, 2.75) is 50.0 Å². The Bertz CT molecular complexity index is 1150. The molecule has 0 atom stereocenters. The summed E-state index contributed by atoms with van der Waals surface area (Å²) in [6.07, 6.45) is 6.30. The molecule has 7 heteroatoms. The molecule has 1 aliphatic carbocycles. The van der Waals surface area contributed by atoms with Gasteiger partial charge in [0.25, 0.3) is 10.0 Å². The van der Waals surface area contributed by atoms with E-state index in [0.717, 1.165) is 61.4 Å². The van der Waals surface area contributed by atoms with Crippen LogP contribution < -0.4 is 4.72 Å². The molecule has 1 aromatic heterocycles. The van der Waals surface area contributed by atoms with Crippen molar-refractivity contribution in [1.29, 1.82) is 0 Å². The monoisotopic (exact) mass is 394 g/mol. The van der Waals surface area contributed by atoms with Gasteiger partial charge in [0.05, 0.1) is 4.90 Å². The Kier molecular flexibility index (Phi) is 4.19. The molecule has 1 N–H and O–H groups in total. The first-order valence-electron chi connectivity index (χ1n) is 9.77. The lowest BCUT2D eigenvalue weighted by Gasteiger charge is -2.17. The Morgan fingerprint density at radius 1 is 0.893 bits per heavy atom. The molecule has 0 saturated heterocycles. The number of nitrogens with zero attached hydrogens (tertiary/aromatic N) is 3. The van der Waals surface area contributed by atoms with E-state index in [1.165, 1.54) is 12.0 Å². The van der Waals surface area contributed by atoms with Crippen molar-refractivity contribution in [1.82, 2.24) is 14.8 Å². The molecule has 1 aliphatic heterocycles. The Balaban J connectivity index is 1.44. The minimum absolute atomic E-state index is 0.321. The van der Waals surface area contributed by atoms with E-state index in [2.05, 4.69) is 19.5 Å². The zero-order valence-electron chi connectivity index (χ0n) is 15.6. The Labute approximate surface area is 164 Å². The highest BCUT2D eigenvalue weighted by Crippen LogP contribution is 2.28. The summed E-state index contributed by atoms with van der Waals surface area (Å²) in [4.78, 5) is 0.321. The molecule has 0 spiro atoms. The highest BCUT2D eigenvalue weighted by molar-refractivity contribution is 7.92. The van der Waals surface area contributed by atoms with Crippen molar-refractivity contribution in [2.75, 3.05) is 4.72 Å². The van der Waals surface area contributed by atoms with E-state index in [4.69, 9.17) is 0 Å². The van der Waals surface area contributed by atoms with Crippen LogP contribution in [0.3, 0.4) is 0 Å². The molecule has 0 amide bonds. The van der Waals surface area contributed by atoms with Crippen LogP contribution in [0.2, 0.25) is 0 Å². The third kappa shape index (κ3) is 3.09. The molecule has 0 unspecified atom stereocenters. The highest BCUT2D eigenvalue weighted by Gasteiger charge is 2.20. The third-order valence-electron chi connectivity index (χ3n) is 5.61. The molecule has 0 fully saturated rings. The Hall–Kier alpha value is -2.67. The van der Waals surface area contributed by atoms with Crippen LogP contribution in [-0.4, -0.2) is 23.2 Å². The minimum Gasteiger partial charge on any atom is -0.311 e. The number of hydrogen-bond donors (Lipinski definition) is 1. The van der Waals surface area contributed by atoms with Crippen LogP contribution >= 0.6 is 0 Å². The molecule has 5 rings (SSSR count). The maximum Gasteiger partial charge on any atom is 0.261 e. The number of hydrogen-bond acceptors (Lipinski definition) is 4. The van der Waals surface area contributed by atoms with Gasteiger partial charge in [0.1, 0.15) is 5.82 Å². The average molecular weight is 395 g/mol. The zero-order chi connectivity index (χ0) is 19.1. The lowest BCUT2D eigenvalue weighted by molar-refractivity contribution is 0.600. The van der Waals surface area contributed by atoms with E-state index >= 15 is 0 Å². The molecular formula is C21H22N4O2S. The Morgan fingerprint density at radius 2 is 1.75 bits per heavy atom. The zero-order valence-corrected chi connectivity index (χ0v) is 16.4. The van der Waals surface area contributed by atoms with E-state index in [0.29, 0.717) is 10.6 Å². The summed E-state index contributed by atoms with van der Waals surface area (Å²) in [6.45, 7) is 0.906. The molecule has 0 saturated carbocycles.